The Morgan fingerprint density at radius 2 is 1.59 bits per heavy atom. The summed E-state index contributed by atoms with van der Waals surface area (Å²) in [4.78, 5) is 27.5. The zero-order chi connectivity index (χ0) is 26.2. The lowest BCUT2D eigenvalue weighted by Gasteiger charge is -2.26. The second-order valence-electron chi connectivity index (χ2n) is 8.80. The van der Waals surface area contributed by atoms with E-state index in [1.165, 1.54) is 4.90 Å². The molecule has 0 spiro atoms. The molecule has 3 amide bonds. The van der Waals surface area contributed by atoms with Gasteiger partial charge in [0.1, 0.15) is 18.1 Å². The van der Waals surface area contributed by atoms with Gasteiger partial charge in [-0.1, -0.05) is 60.7 Å². The van der Waals surface area contributed by atoms with Gasteiger partial charge in [-0.15, -0.1) is 0 Å². The minimum atomic E-state index is -0.321. The Morgan fingerprint density at radius 1 is 0.946 bits per heavy atom. The molecule has 1 aromatic heterocycles. The van der Waals surface area contributed by atoms with Crippen molar-refractivity contribution in [3.05, 3.63) is 96.6 Å². The molecule has 0 saturated heterocycles. The fourth-order valence-corrected chi connectivity index (χ4v) is 3.84. The Hall–Kier alpha value is -4.59. The van der Waals surface area contributed by atoms with E-state index < -0.39 is 0 Å². The van der Waals surface area contributed by atoms with Crippen LogP contribution in [0.1, 0.15) is 19.4 Å². The molecular formula is C29H31N5O3. The molecule has 0 unspecified atom stereocenters. The number of methoxy groups -OCH3 is 1. The van der Waals surface area contributed by atoms with Gasteiger partial charge in [0.2, 0.25) is 5.91 Å². The average molecular weight is 498 g/mol. The molecule has 8 heteroatoms. The Kier molecular flexibility index (Phi) is 8.20. The number of carbonyl (C=O) groups excluding carboxylic acids is 2. The monoisotopic (exact) mass is 497 g/mol. The summed E-state index contributed by atoms with van der Waals surface area (Å²) < 4.78 is 6.94. The van der Waals surface area contributed by atoms with E-state index in [4.69, 9.17) is 9.84 Å². The third-order valence-corrected chi connectivity index (χ3v) is 5.85. The number of amides is 3. The van der Waals surface area contributed by atoms with Gasteiger partial charge in [0.05, 0.1) is 18.5 Å². The van der Waals surface area contributed by atoms with E-state index in [-0.39, 0.29) is 24.5 Å². The van der Waals surface area contributed by atoms with Crippen LogP contribution in [0.15, 0.2) is 91.0 Å². The maximum absolute atomic E-state index is 13.1. The normalized spacial score (nSPS) is 10.7. The van der Waals surface area contributed by atoms with Crippen LogP contribution < -0.4 is 15.4 Å². The number of urea groups is 1. The Labute approximate surface area is 216 Å². The van der Waals surface area contributed by atoms with Crippen LogP contribution in [0.5, 0.6) is 5.75 Å². The molecule has 0 bridgehead atoms. The number of carbonyl (C=O) groups is 2. The highest BCUT2D eigenvalue weighted by molar-refractivity contribution is 5.94. The van der Waals surface area contributed by atoms with Crippen LogP contribution in [-0.4, -0.2) is 46.3 Å². The largest absolute Gasteiger partial charge is 0.497 e. The predicted molar refractivity (Wildman–Crippen MR) is 145 cm³/mol. The lowest BCUT2D eigenvalue weighted by atomic mass is 10.1. The van der Waals surface area contributed by atoms with Crippen molar-refractivity contribution in [3.8, 4) is 22.7 Å². The molecule has 0 fully saturated rings. The first kappa shape index (κ1) is 25.5. The lowest BCUT2D eigenvalue weighted by Crippen LogP contribution is -2.47. The Bertz CT molecular complexity index is 1320. The minimum absolute atomic E-state index is 0.104. The fraction of sp³-hybridized carbons (Fsp3) is 0.207. The highest BCUT2D eigenvalue weighted by atomic mass is 16.5. The summed E-state index contributed by atoms with van der Waals surface area (Å²) in [5, 5.41) is 10.6. The number of ether oxygens (including phenoxy) is 1. The molecule has 4 rings (SSSR count). The van der Waals surface area contributed by atoms with Gasteiger partial charge in [-0.25, -0.2) is 9.48 Å². The maximum atomic E-state index is 13.1. The summed E-state index contributed by atoms with van der Waals surface area (Å²) in [6.45, 7) is 4.04. The van der Waals surface area contributed by atoms with Crippen LogP contribution in [-0.2, 0) is 11.3 Å². The molecule has 0 saturated carbocycles. The van der Waals surface area contributed by atoms with Crippen molar-refractivity contribution in [2.24, 2.45) is 0 Å². The van der Waals surface area contributed by atoms with E-state index in [1.807, 2.05) is 105 Å². The van der Waals surface area contributed by atoms with E-state index in [2.05, 4.69) is 10.6 Å². The van der Waals surface area contributed by atoms with Crippen molar-refractivity contribution in [1.29, 1.82) is 0 Å². The summed E-state index contributed by atoms with van der Waals surface area (Å²) in [7, 11) is 1.61. The number of aromatic nitrogens is 2. The van der Waals surface area contributed by atoms with E-state index in [1.54, 1.807) is 11.8 Å². The van der Waals surface area contributed by atoms with Crippen LogP contribution in [0, 0.1) is 0 Å². The first-order chi connectivity index (χ1) is 17.9. The SMILES string of the molecule is COc1ccc(-n2nc(-c3ccccc3)cc2NC(=O)CN(C(=O)NCc2ccccc2)C(C)C)cc1. The van der Waals surface area contributed by atoms with Crippen molar-refractivity contribution >= 4 is 17.8 Å². The fourth-order valence-electron chi connectivity index (χ4n) is 3.84. The third-order valence-electron chi connectivity index (χ3n) is 5.85. The minimum Gasteiger partial charge on any atom is -0.497 e. The third kappa shape index (κ3) is 6.55. The lowest BCUT2D eigenvalue weighted by molar-refractivity contribution is -0.117. The number of nitrogens with zero attached hydrogens (tertiary/aromatic N) is 3. The molecule has 8 nitrogen and oxygen atoms in total. The van der Waals surface area contributed by atoms with Gasteiger partial charge in [-0.3, -0.25) is 4.79 Å². The molecular weight excluding hydrogens is 466 g/mol. The Balaban J connectivity index is 1.52. The molecule has 0 aliphatic rings. The van der Waals surface area contributed by atoms with Gasteiger partial charge >= 0.3 is 6.03 Å². The number of hydrogen-bond acceptors (Lipinski definition) is 4. The zero-order valence-electron chi connectivity index (χ0n) is 21.2. The van der Waals surface area contributed by atoms with E-state index >= 15 is 0 Å². The number of rotatable bonds is 9. The molecule has 3 aromatic carbocycles. The molecule has 190 valence electrons. The molecule has 4 aromatic rings. The number of benzene rings is 3. The first-order valence-corrected chi connectivity index (χ1v) is 12.1. The first-order valence-electron chi connectivity index (χ1n) is 12.1. The van der Waals surface area contributed by atoms with Gasteiger partial charge in [0.15, 0.2) is 0 Å². The Morgan fingerprint density at radius 3 is 2.22 bits per heavy atom. The van der Waals surface area contributed by atoms with Gasteiger partial charge in [-0.05, 0) is 43.7 Å². The van der Waals surface area contributed by atoms with Crippen molar-refractivity contribution in [2.75, 3.05) is 19.0 Å². The van der Waals surface area contributed by atoms with Gasteiger partial charge in [0.25, 0.3) is 0 Å². The summed E-state index contributed by atoms with van der Waals surface area (Å²) >= 11 is 0. The van der Waals surface area contributed by atoms with Crippen LogP contribution in [0.25, 0.3) is 16.9 Å². The van der Waals surface area contributed by atoms with Gasteiger partial charge in [0, 0.05) is 24.2 Å². The summed E-state index contributed by atoms with van der Waals surface area (Å²) in [5.41, 5.74) is 3.39. The van der Waals surface area contributed by atoms with Crippen LogP contribution in [0.2, 0.25) is 0 Å². The van der Waals surface area contributed by atoms with E-state index in [0.717, 1.165) is 22.6 Å². The molecule has 37 heavy (non-hydrogen) atoms. The van der Waals surface area contributed by atoms with E-state index in [0.29, 0.717) is 18.1 Å². The topological polar surface area (TPSA) is 88.5 Å². The summed E-state index contributed by atoms with van der Waals surface area (Å²) in [5.74, 6) is 0.902. The number of hydrogen-bond donors (Lipinski definition) is 2. The summed E-state index contributed by atoms with van der Waals surface area (Å²) in [6.07, 6.45) is 0. The van der Waals surface area contributed by atoms with Gasteiger partial charge < -0.3 is 20.3 Å². The van der Waals surface area contributed by atoms with Crippen molar-refractivity contribution < 1.29 is 14.3 Å². The molecule has 0 aliphatic carbocycles. The molecule has 1 heterocycles. The van der Waals surface area contributed by atoms with Crippen molar-refractivity contribution in [2.45, 2.75) is 26.4 Å². The summed E-state index contributed by atoms with van der Waals surface area (Å²) in [6, 6.07) is 28.2. The quantitative estimate of drug-likeness (QED) is 0.337. The van der Waals surface area contributed by atoms with Crippen LogP contribution >= 0.6 is 0 Å². The van der Waals surface area contributed by atoms with Crippen LogP contribution in [0.4, 0.5) is 10.6 Å². The number of anilines is 1. The van der Waals surface area contributed by atoms with Crippen LogP contribution in [0.3, 0.4) is 0 Å². The molecule has 0 aliphatic heterocycles. The standard InChI is InChI=1S/C29H31N5O3/c1-21(2)33(29(36)30-19-22-10-6-4-7-11-22)20-28(35)31-27-18-26(23-12-8-5-9-13-23)32-34(27)24-14-16-25(37-3)17-15-24/h4-18,21H,19-20H2,1-3H3,(H,30,36)(H,31,35). The molecule has 0 radical (unpaired) electrons. The maximum Gasteiger partial charge on any atom is 0.318 e. The molecule has 2 N–H and O–H groups in total. The number of nitrogens with one attached hydrogen (secondary N) is 2. The predicted octanol–water partition coefficient (Wildman–Crippen LogP) is 5.11. The highest BCUT2D eigenvalue weighted by Gasteiger charge is 2.21. The average Bonchev–Trinajstić information content (AvgIpc) is 3.35. The second kappa shape index (κ2) is 11.9. The van der Waals surface area contributed by atoms with Gasteiger partial charge in [-0.2, -0.15) is 5.10 Å². The van der Waals surface area contributed by atoms with Crippen molar-refractivity contribution in [1.82, 2.24) is 20.0 Å². The highest BCUT2D eigenvalue weighted by Crippen LogP contribution is 2.26. The zero-order valence-corrected chi connectivity index (χ0v) is 21.2. The molecule has 0 atom stereocenters. The van der Waals surface area contributed by atoms with E-state index in [9.17, 15) is 9.59 Å². The van der Waals surface area contributed by atoms with Crippen molar-refractivity contribution in [3.63, 3.8) is 0 Å². The smallest absolute Gasteiger partial charge is 0.318 e. The second-order valence-corrected chi connectivity index (χ2v) is 8.80.